The summed E-state index contributed by atoms with van der Waals surface area (Å²) in [5.74, 6) is -0.716. The van der Waals surface area contributed by atoms with Crippen LogP contribution in [0.2, 0.25) is 0 Å². The quantitative estimate of drug-likeness (QED) is 0.596. The van der Waals surface area contributed by atoms with Crippen molar-refractivity contribution in [2.24, 2.45) is 0 Å². The molecule has 0 bridgehead atoms. The van der Waals surface area contributed by atoms with Gasteiger partial charge in [0.15, 0.2) is 0 Å². The van der Waals surface area contributed by atoms with Crippen molar-refractivity contribution in [1.82, 2.24) is 4.90 Å². The lowest BCUT2D eigenvalue weighted by Crippen LogP contribution is -2.28. The first-order valence-electron chi connectivity index (χ1n) is 8.07. The molecule has 2 unspecified atom stereocenters. The van der Waals surface area contributed by atoms with E-state index in [2.05, 4.69) is 4.74 Å². The number of nitro groups is 1. The molecule has 8 heteroatoms. The molecule has 138 valence electrons. The summed E-state index contributed by atoms with van der Waals surface area (Å²) in [6.45, 7) is 1.37. The van der Waals surface area contributed by atoms with Gasteiger partial charge in [-0.1, -0.05) is 42.5 Å². The standard InChI is InChI=1S/C18H17F3N2O3/c19-18(20,21)26-15-8-6-14(7-9-15)16-11-22(12-17(16)23(24)25)10-13-4-2-1-3-5-13/h1-9,16-17H,10-12H2. The van der Waals surface area contributed by atoms with Gasteiger partial charge in [-0.2, -0.15) is 0 Å². The molecule has 1 heterocycles. The number of alkyl halides is 3. The van der Waals surface area contributed by atoms with E-state index < -0.39 is 12.4 Å². The highest BCUT2D eigenvalue weighted by molar-refractivity contribution is 5.31. The van der Waals surface area contributed by atoms with Crippen molar-refractivity contribution in [2.75, 3.05) is 13.1 Å². The summed E-state index contributed by atoms with van der Waals surface area (Å²) < 4.78 is 40.6. The molecule has 1 saturated heterocycles. The molecule has 5 nitrogen and oxygen atoms in total. The molecule has 0 radical (unpaired) electrons. The zero-order valence-corrected chi connectivity index (χ0v) is 13.7. The molecule has 2 atom stereocenters. The molecule has 0 aromatic heterocycles. The van der Waals surface area contributed by atoms with Gasteiger partial charge in [0.2, 0.25) is 6.04 Å². The normalized spacial score (nSPS) is 20.9. The van der Waals surface area contributed by atoms with E-state index >= 15 is 0 Å². The Hall–Kier alpha value is -2.61. The zero-order chi connectivity index (χ0) is 18.7. The Balaban J connectivity index is 1.73. The molecule has 1 aliphatic rings. The van der Waals surface area contributed by atoms with Gasteiger partial charge in [0.25, 0.3) is 0 Å². The summed E-state index contributed by atoms with van der Waals surface area (Å²) in [7, 11) is 0. The molecule has 1 aliphatic heterocycles. The van der Waals surface area contributed by atoms with Crippen molar-refractivity contribution < 1.29 is 22.8 Å². The molecule has 0 N–H and O–H groups in total. The third-order valence-electron chi connectivity index (χ3n) is 4.43. The van der Waals surface area contributed by atoms with Crippen molar-refractivity contribution in [3.05, 3.63) is 75.8 Å². The Morgan fingerprint density at radius 3 is 2.31 bits per heavy atom. The lowest BCUT2D eigenvalue weighted by atomic mass is 9.95. The van der Waals surface area contributed by atoms with E-state index in [0.717, 1.165) is 5.56 Å². The minimum Gasteiger partial charge on any atom is -0.406 e. The molecular weight excluding hydrogens is 349 g/mol. The Labute approximate surface area is 148 Å². The average Bonchev–Trinajstić information content (AvgIpc) is 2.99. The van der Waals surface area contributed by atoms with Crippen LogP contribution in [-0.2, 0) is 6.54 Å². The number of ether oxygens (including phenoxy) is 1. The molecule has 0 spiro atoms. The van der Waals surface area contributed by atoms with Crippen LogP contribution in [0.5, 0.6) is 5.75 Å². The van der Waals surface area contributed by atoms with E-state index in [9.17, 15) is 23.3 Å². The monoisotopic (exact) mass is 366 g/mol. The maximum atomic E-state index is 12.3. The van der Waals surface area contributed by atoms with Crippen LogP contribution in [0.1, 0.15) is 17.0 Å². The van der Waals surface area contributed by atoms with Crippen molar-refractivity contribution in [2.45, 2.75) is 24.9 Å². The second kappa shape index (κ2) is 7.33. The summed E-state index contributed by atoms with van der Waals surface area (Å²) in [4.78, 5) is 13.1. The zero-order valence-electron chi connectivity index (χ0n) is 13.7. The summed E-state index contributed by atoms with van der Waals surface area (Å²) in [5, 5.41) is 11.4. The summed E-state index contributed by atoms with van der Waals surface area (Å²) >= 11 is 0. The fraction of sp³-hybridized carbons (Fsp3) is 0.333. The van der Waals surface area contributed by atoms with E-state index in [1.54, 1.807) is 0 Å². The first-order chi connectivity index (χ1) is 12.3. The maximum Gasteiger partial charge on any atom is 0.573 e. The predicted molar refractivity (Wildman–Crippen MR) is 88.4 cm³/mol. The van der Waals surface area contributed by atoms with Crippen LogP contribution in [0, 0.1) is 10.1 Å². The molecule has 0 saturated carbocycles. The number of benzene rings is 2. The van der Waals surface area contributed by atoms with Crippen LogP contribution in [-0.4, -0.2) is 35.3 Å². The van der Waals surface area contributed by atoms with Gasteiger partial charge in [-0.3, -0.25) is 15.0 Å². The Kier molecular flexibility index (Phi) is 5.13. The molecule has 1 fully saturated rings. The molecular formula is C18H17F3N2O3. The third-order valence-corrected chi connectivity index (χ3v) is 4.43. The maximum absolute atomic E-state index is 12.3. The minimum atomic E-state index is -4.76. The highest BCUT2D eigenvalue weighted by atomic mass is 19.4. The highest BCUT2D eigenvalue weighted by Crippen LogP contribution is 2.32. The van der Waals surface area contributed by atoms with Crippen molar-refractivity contribution in [1.29, 1.82) is 0 Å². The van der Waals surface area contributed by atoms with Crippen LogP contribution in [0.3, 0.4) is 0 Å². The van der Waals surface area contributed by atoms with Crippen LogP contribution < -0.4 is 4.74 Å². The van der Waals surface area contributed by atoms with Gasteiger partial charge in [-0.15, -0.1) is 13.2 Å². The largest absolute Gasteiger partial charge is 0.573 e. The number of hydrogen-bond donors (Lipinski definition) is 0. The summed E-state index contributed by atoms with van der Waals surface area (Å²) in [6.07, 6.45) is -4.76. The molecule has 0 amide bonds. The number of halogens is 3. The van der Waals surface area contributed by atoms with Gasteiger partial charge in [0, 0.05) is 18.0 Å². The third kappa shape index (κ3) is 4.51. The summed E-state index contributed by atoms with van der Waals surface area (Å²) in [6, 6.07) is 14.2. The SMILES string of the molecule is O=[N+]([O-])C1CN(Cc2ccccc2)CC1c1ccc(OC(F)(F)F)cc1. The van der Waals surface area contributed by atoms with Crippen molar-refractivity contribution in [3.63, 3.8) is 0 Å². The number of rotatable bonds is 5. The van der Waals surface area contributed by atoms with E-state index in [-0.39, 0.29) is 16.6 Å². The van der Waals surface area contributed by atoms with E-state index in [1.807, 2.05) is 35.2 Å². The van der Waals surface area contributed by atoms with Gasteiger partial charge in [0.1, 0.15) is 5.75 Å². The van der Waals surface area contributed by atoms with Crippen LogP contribution in [0.4, 0.5) is 13.2 Å². The lowest BCUT2D eigenvalue weighted by Gasteiger charge is -2.15. The van der Waals surface area contributed by atoms with Gasteiger partial charge >= 0.3 is 6.36 Å². The average molecular weight is 366 g/mol. The highest BCUT2D eigenvalue weighted by Gasteiger charge is 2.42. The van der Waals surface area contributed by atoms with Crippen molar-refractivity contribution >= 4 is 0 Å². The molecule has 3 rings (SSSR count). The Morgan fingerprint density at radius 2 is 1.73 bits per heavy atom. The van der Waals surface area contributed by atoms with Crippen molar-refractivity contribution in [3.8, 4) is 5.75 Å². The predicted octanol–water partition coefficient (Wildman–Crippen LogP) is 3.83. The van der Waals surface area contributed by atoms with E-state index in [4.69, 9.17) is 0 Å². The lowest BCUT2D eigenvalue weighted by molar-refractivity contribution is -0.521. The minimum absolute atomic E-state index is 0.299. The molecule has 0 aliphatic carbocycles. The number of likely N-dealkylation sites (tertiary alicyclic amines) is 1. The van der Waals surface area contributed by atoms with Gasteiger partial charge in [-0.25, -0.2) is 0 Å². The first-order valence-corrected chi connectivity index (χ1v) is 8.07. The second-order valence-electron chi connectivity index (χ2n) is 6.26. The summed E-state index contributed by atoms with van der Waals surface area (Å²) in [5.41, 5.74) is 1.70. The van der Waals surface area contributed by atoms with Gasteiger partial charge < -0.3 is 4.74 Å². The smallest absolute Gasteiger partial charge is 0.406 e. The van der Waals surface area contributed by atoms with Crippen LogP contribution in [0.15, 0.2) is 54.6 Å². The second-order valence-corrected chi connectivity index (χ2v) is 6.26. The fourth-order valence-electron chi connectivity index (χ4n) is 3.29. The van der Waals surface area contributed by atoms with E-state index in [0.29, 0.717) is 25.2 Å². The molecule has 2 aromatic carbocycles. The molecule has 26 heavy (non-hydrogen) atoms. The van der Waals surface area contributed by atoms with Crippen LogP contribution >= 0.6 is 0 Å². The van der Waals surface area contributed by atoms with Gasteiger partial charge in [-0.05, 0) is 23.3 Å². The van der Waals surface area contributed by atoms with E-state index in [1.165, 1.54) is 24.3 Å². The number of nitrogens with zero attached hydrogens (tertiary/aromatic N) is 2. The first kappa shape index (κ1) is 18.2. The fourth-order valence-corrected chi connectivity index (χ4v) is 3.29. The Bertz CT molecular complexity index is 751. The van der Waals surface area contributed by atoms with Gasteiger partial charge in [0.05, 0.1) is 12.5 Å². The number of hydrogen-bond acceptors (Lipinski definition) is 4. The van der Waals surface area contributed by atoms with Crippen LogP contribution in [0.25, 0.3) is 0 Å². The Morgan fingerprint density at radius 1 is 1.08 bits per heavy atom. The molecule has 2 aromatic rings. The topological polar surface area (TPSA) is 55.6 Å².